The maximum Gasteiger partial charge on any atom is 0.0167 e. The molecule has 1 rings (SSSR count). The van der Waals surface area contributed by atoms with Gasteiger partial charge in [-0.15, -0.1) is 0 Å². The van der Waals surface area contributed by atoms with Crippen LogP contribution in [-0.2, 0) is 0 Å². The van der Waals surface area contributed by atoms with E-state index >= 15 is 0 Å². The zero-order valence-electron chi connectivity index (χ0n) is 10.2. The van der Waals surface area contributed by atoms with Crippen molar-refractivity contribution in [3.05, 3.63) is 22.3 Å². The number of hydrogen-bond donors (Lipinski definition) is 1. The van der Waals surface area contributed by atoms with Crippen LogP contribution in [0.2, 0.25) is 0 Å². The zero-order chi connectivity index (χ0) is 11.4. The van der Waals surface area contributed by atoms with E-state index < -0.39 is 8.15 Å². The van der Waals surface area contributed by atoms with Crippen molar-refractivity contribution in [1.82, 2.24) is 5.32 Å². The van der Waals surface area contributed by atoms with Crippen LogP contribution in [0.4, 0.5) is 0 Å². The van der Waals surface area contributed by atoms with Crippen molar-refractivity contribution in [3.8, 4) is 0 Å². The van der Waals surface area contributed by atoms with Gasteiger partial charge in [0.2, 0.25) is 0 Å². The molecule has 0 unspecified atom stereocenters. The molecule has 15 heavy (non-hydrogen) atoms. The van der Waals surface area contributed by atoms with Crippen LogP contribution in [0.25, 0.3) is 0 Å². The molecule has 3 heteroatoms. The molecule has 0 radical (unpaired) electrons. The third-order valence-electron chi connectivity index (χ3n) is 3.06. The Morgan fingerprint density at radius 2 is 1.27 bits per heavy atom. The van der Waals surface area contributed by atoms with Gasteiger partial charge in [0.15, 0.2) is 0 Å². The van der Waals surface area contributed by atoms with Gasteiger partial charge in [0, 0.05) is 13.1 Å². The molecule has 0 bridgehead atoms. The molecule has 0 saturated carbocycles. The van der Waals surface area contributed by atoms with E-state index in [2.05, 4.69) is 33.0 Å². The van der Waals surface area contributed by atoms with Crippen molar-refractivity contribution in [2.45, 2.75) is 27.7 Å². The highest BCUT2D eigenvalue weighted by Gasteiger charge is 2.05. The summed E-state index contributed by atoms with van der Waals surface area (Å²) in [7, 11) is -1.09. The number of allylic oxidation sites excluding steroid dienone is 2. The lowest BCUT2D eigenvalue weighted by Crippen LogP contribution is -2.22. The monoisotopic (exact) mass is 226 g/mol. The number of rotatable bonds is 0. The van der Waals surface area contributed by atoms with Gasteiger partial charge in [-0.1, -0.05) is 22.3 Å². The molecule has 86 valence electrons. The molecule has 1 heterocycles. The van der Waals surface area contributed by atoms with Crippen LogP contribution < -0.4 is 10.2 Å². The molecular weight excluding hydrogens is 205 g/mol. The molecule has 0 aromatic carbocycles. The quantitative estimate of drug-likeness (QED) is 0.506. The van der Waals surface area contributed by atoms with Gasteiger partial charge < -0.3 is 10.2 Å². The molecule has 0 spiro atoms. The van der Waals surface area contributed by atoms with Gasteiger partial charge in [-0.2, -0.15) is 8.15 Å². The molecule has 1 N–H and O–H groups in total. The van der Waals surface area contributed by atoms with Crippen LogP contribution in [0.1, 0.15) is 27.7 Å². The topological polar surface area (TPSA) is 35.1 Å². The van der Waals surface area contributed by atoms with Crippen molar-refractivity contribution < 1.29 is 4.89 Å². The molecule has 1 aliphatic rings. The summed E-state index contributed by atoms with van der Waals surface area (Å²) in [6.45, 7) is 10.3. The first-order chi connectivity index (χ1) is 7.00. The Hall–Kier alpha value is -0.170. The second-order valence-electron chi connectivity index (χ2n) is 4.52. The van der Waals surface area contributed by atoms with E-state index in [1.54, 1.807) is 0 Å². The van der Waals surface area contributed by atoms with E-state index in [1.807, 2.05) is 0 Å². The smallest absolute Gasteiger partial charge is 0.0167 e. The van der Waals surface area contributed by atoms with Gasteiger partial charge in [0.25, 0.3) is 0 Å². The minimum absolute atomic E-state index is 0.757. The number of nitrogens with one attached hydrogen (secondary N) is 1. The van der Waals surface area contributed by atoms with E-state index in [-0.39, 0.29) is 0 Å². The van der Waals surface area contributed by atoms with Crippen LogP contribution >= 0.6 is 8.15 Å². The Labute approximate surface area is 94.3 Å². The maximum atomic E-state index is 11.9. The molecule has 0 aromatic heterocycles. The fraction of sp³-hybridized carbons (Fsp3) is 0.667. The maximum absolute atomic E-state index is 11.9. The largest absolute Gasteiger partial charge is 0.829 e. The highest BCUT2D eigenvalue weighted by molar-refractivity contribution is 7.50. The van der Waals surface area contributed by atoms with Crippen LogP contribution in [-0.4, -0.2) is 25.4 Å². The van der Waals surface area contributed by atoms with Crippen molar-refractivity contribution in [2.24, 2.45) is 0 Å². The highest BCUT2D eigenvalue weighted by atomic mass is 31.1. The van der Waals surface area contributed by atoms with E-state index in [4.69, 9.17) is 0 Å². The molecule has 0 amide bonds. The van der Waals surface area contributed by atoms with Crippen molar-refractivity contribution in [2.75, 3.05) is 25.4 Å². The normalized spacial score (nSPS) is 35.4. The summed E-state index contributed by atoms with van der Waals surface area (Å²) in [6, 6.07) is 0. The molecule has 0 aliphatic carbocycles. The highest BCUT2D eigenvalue weighted by Crippen LogP contribution is 2.32. The lowest BCUT2D eigenvalue weighted by atomic mass is 10.1. The molecule has 0 fully saturated rings. The first-order valence-corrected chi connectivity index (χ1v) is 7.07. The summed E-state index contributed by atoms with van der Waals surface area (Å²) in [5, 5.41) is 3.42. The van der Waals surface area contributed by atoms with E-state index in [0.29, 0.717) is 0 Å². The molecular formula is C12H21NOP-. The van der Waals surface area contributed by atoms with E-state index in [0.717, 1.165) is 25.4 Å². The Morgan fingerprint density at radius 1 is 0.867 bits per heavy atom. The Morgan fingerprint density at radius 3 is 1.67 bits per heavy atom. The van der Waals surface area contributed by atoms with Gasteiger partial charge in [-0.05, 0) is 40.0 Å². The summed E-state index contributed by atoms with van der Waals surface area (Å²) in [6.07, 6.45) is 1.51. The molecule has 0 aromatic rings. The van der Waals surface area contributed by atoms with Crippen LogP contribution in [0.3, 0.4) is 0 Å². The fourth-order valence-corrected chi connectivity index (χ4v) is 3.30. The second-order valence-corrected chi connectivity index (χ2v) is 6.12. The second kappa shape index (κ2) is 5.79. The van der Waals surface area contributed by atoms with Gasteiger partial charge in [-0.25, -0.2) is 0 Å². The van der Waals surface area contributed by atoms with E-state index in [9.17, 15) is 4.89 Å². The third kappa shape index (κ3) is 4.06. The molecule has 0 atom stereocenters. The molecule has 2 nitrogen and oxygen atoms in total. The Kier molecular flexibility index (Phi) is 4.98. The minimum Gasteiger partial charge on any atom is -0.829 e. The van der Waals surface area contributed by atoms with Crippen molar-refractivity contribution >= 4 is 8.15 Å². The average Bonchev–Trinajstić information content (AvgIpc) is 2.15. The Balaban J connectivity index is 2.78. The van der Waals surface area contributed by atoms with Gasteiger partial charge in [0.1, 0.15) is 0 Å². The average molecular weight is 226 g/mol. The van der Waals surface area contributed by atoms with E-state index in [1.165, 1.54) is 22.3 Å². The van der Waals surface area contributed by atoms with Crippen LogP contribution in [0.5, 0.6) is 0 Å². The lowest BCUT2D eigenvalue weighted by Gasteiger charge is -2.27. The van der Waals surface area contributed by atoms with Crippen LogP contribution in [0.15, 0.2) is 22.3 Å². The SMILES string of the molecule is C/C1=C(\C)CP([O-])C/C(C)=C(/C)CNC1. The van der Waals surface area contributed by atoms with Crippen molar-refractivity contribution in [3.63, 3.8) is 0 Å². The summed E-state index contributed by atoms with van der Waals surface area (Å²) >= 11 is 0. The summed E-state index contributed by atoms with van der Waals surface area (Å²) < 4.78 is 0. The lowest BCUT2D eigenvalue weighted by molar-refractivity contribution is -0.158. The number of hydrogen-bond acceptors (Lipinski definition) is 2. The molecule has 1 aliphatic heterocycles. The fourth-order valence-electron chi connectivity index (χ4n) is 1.59. The summed E-state index contributed by atoms with van der Waals surface area (Å²) in [4.78, 5) is 11.9. The Bertz CT molecular complexity index is 266. The van der Waals surface area contributed by atoms with Crippen molar-refractivity contribution in [1.29, 1.82) is 0 Å². The predicted octanol–water partition coefficient (Wildman–Crippen LogP) is 2.02. The first-order valence-electron chi connectivity index (χ1n) is 5.44. The standard InChI is InChI=1S/C12H21NOP/c1-9-5-13-6-10(2)12(4)8-15(14)7-11(9)3/h13H,5-8H2,1-4H3/q-1/b11-9-,12-10-. The zero-order valence-corrected chi connectivity index (χ0v) is 11.1. The van der Waals surface area contributed by atoms with Gasteiger partial charge in [-0.3, -0.25) is 0 Å². The van der Waals surface area contributed by atoms with Crippen LogP contribution in [0, 0.1) is 0 Å². The third-order valence-corrected chi connectivity index (χ3v) is 4.72. The predicted molar refractivity (Wildman–Crippen MR) is 66.3 cm³/mol. The molecule has 0 saturated heterocycles. The van der Waals surface area contributed by atoms with Gasteiger partial charge >= 0.3 is 0 Å². The first kappa shape index (κ1) is 12.9. The van der Waals surface area contributed by atoms with Gasteiger partial charge in [0.05, 0.1) is 0 Å². The summed E-state index contributed by atoms with van der Waals surface area (Å²) in [5.74, 6) is 0. The summed E-state index contributed by atoms with van der Waals surface area (Å²) in [5.41, 5.74) is 5.25. The minimum atomic E-state index is -1.09.